The Kier molecular flexibility index (Phi) is 6.11. The Labute approximate surface area is 136 Å². The number of hydrogen-bond acceptors (Lipinski definition) is 4. The van der Waals surface area contributed by atoms with E-state index in [0.29, 0.717) is 11.4 Å². The molecule has 0 saturated carbocycles. The van der Waals surface area contributed by atoms with Gasteiger partial charge in [0.2, 0.25) is 11.8 Å². The zero-order valence-electron chi connectivity index (χ0n) is 13.6. The normalized spacial score (nSPS) is 10.5. The molecule has 2 aromatic rings. The van der Waals surface area contributed by atoms with Gasteiger partial charge < -0.3 is 15.8 Å². The van der Waals surface area contributed by atoms with Crippen LogP contribution in [0, 0.1) is 6.92 Å². The van der Waals surface area contributed by atoms with Gasteiger partial charge in [0.25, 0.3) is 0 Å². The first-order chi connectivity index (χ1) is 11.1. The monoisotopic (exact) mass is 313 g/mol. The quantitative estimate of drug-likeness (QED) is 0.734. The summed E-state index contributed by atoms with van der Waals surface area (Å²) in [6.45, 7) is 6.07. The van der Waals surface area contributed by atoms with Crippen LogP contribution in [0.1, 0.15) is 41.3 Å². The number of benzene rings is 1. The highest BCUT2D eigenvalue weighted by Gasteiger charge is 2.06. The summed E-state index contributed by atoms with van der Waals surface area (Å²) in [5.41, 5.74) is 7.82. The lowest BCUT2D eigenvalue weighted by atomic mass is 10.1. The number of unbranched alkanes of at least 4 members (excludes halogenated alkanes) is 1. The zero-order valence-corrected chi connectivity index (χ0v) is 13.6. The molecule has 5 nitrogen and oxygen atoms in total. The van der Waals surface area contributed by atoms with Crippen LogP contribution in [0.15, 0.2) is 36.5 Å². The summed E-state index contributed by atoms with van der Waals surface area (Å²) in [5.74, 6) is 0.689. The van der Waals surface area contributed by atoms with Crippen LogP contribution in [0.5, 0.6) is 11.6 Å². The van der Waals surface area contributed by atoms with Gasteiger partial charge in [-0.3, -0.25) is 4.79 Å². The van der Waals surface area contributed by atoms with Gasteiger partial charge in [0, 0.05) is 18.8 Å². The molecule has 0 aliphatic rings. The SMILES string of the molecule is CCCCNCc1ccc(Oc2ccc(C(N)=O)cn2)c(C)c1. The maximum atomic E-state index is 11.0. The number of nitrogens with zero attached hydrogens (tertiary/aromatic N) is 1. The second-order valence-electron chi connectivity index (χ2n) is 5.48. The molecule has 2 rings (SSSR count). The smallest absolute Gasteiger partial charge is 0.250 e. The number of hydrogen-bond donors (Lipinski definition) is 2. The number of aromatic nitrogens is 1. The van der Waals surface area contributed by atoms with Crippen molar-refractivity contribution in [1.29, 1.82) is 0 Å². The molecule has 3 N–H and O–H groups in total. The molecule has 0 atom stereocenters. The van der Waals surface area contributed by atoms with Crippen LogP contribution in [0.4, 0.5) is 0 Å². The van der Waals surface area contributed by atoms with E-state index in [9.17, 15) is 4.79 Å². The molecule has 0 bridgehead atoms. The molecule has 1 aromatic carbocycles. The highest BCUT2D eigenvalue weighted by molar-refractivity contribution is 5.92. The van der Waals surface area contributed by atoms with E-state index in [2.05, 4.69) is 23.3 Å². The maximum absolute atomic E-state index is 11.0. The van der Waals surface area contributed by atoms with Gasteiger partial charge in [-0.25, -0.2) is 4.98 Å². The van der Waals surface area contributed by atoms with Crippen molar-refractivity contribution in [1.82, 2.24) is 10.3 Å². The summed E-state index contributed by atoms with van der Waals surface area (Å²) in [5, 5.41) is 3.42. The van der Waals surface area contributed by atoms with Crippen molar-refractivity contribution in [3.63, 3.8) is 0 Å². The third kappa shape index (κ3) is 5.07. The number of ether oxygens (including phenoxy) is 1. The molecule has 0 unspecified atom stereocenters. The topological polar surface area (TPSA) is 77.2 Å². The summed E-state index contributed by atoms with van der Waals surface area (Å²) in [7, 11) is 0. The summed E-state index contributed by atoms with van der Waals surface area (Å²) in [6, 6.07) is 9.33. The van der Waals surface area contributed by atoms with Crippen molar-refractivity contribution >= 4 is 5.91 Å². The molecule has 0 radical (unpaired) electrons. The molecular weight excluding hydrogens is 290 g/mol. The van der Waals surface area contributed by atoms with Crippen LogP contribution in [-0.4, -0.2) is 17.4 Å². The van der Waals surface area contributed by atoms with Crippen LogP contribution in [0.2, 0.25) is 0 Å². The molecule has 0 saturated heterocycles. The van der Waals surface area contributed by atoms with Crippen LogP contribution in [0.3, 0.4) is 0 Å². The Hall–Kier alpha value is -2.40. The van der Waals surface area contributed by atoms with Crippen LogP contribution in [0.25, 0.3) is 0 Å². The summed E-state index contributed by atoms with van der Waals surface area (Å²) < 4.78 is 5.76. The van der Waals surface area contributed by atoms with Gasteiger partial charge in [0.1, 0.15) is 5.75 Å². The molecule has 1 amide bonds. The lowest BCUT2D eigenvalue weighted by Crippen LogP contribution is -2.14. The van der Waals surface area contributed by atoms with E-state index in [-0.39, 0.29) is 0 Å². The molecule has 1 heterocycles. The number of rotatable bonds is 8. The predicted molar refractivity (Wildman–Crippen MR) is 90.6 cm³/mol. The van der Waals surface area contributed by atoms with Gasteiger partial charge >= 0.3 is 0 Å². The zero-order chi connectivity index (χ0) is 16.7. The number of nitrogens with two attached hydrogens (primary N) is 1. The van der Waals surface area contributed by atoms with E-state index in [0.717, 1.165) is 24.4 Å². The first-order valence-electron chi connectivity index (χ1n) is 7.84. The molecular formula is C18H23N3O2. The standard InChI is InChI=1S/C18H23N3O2/c1-3-4-9-20-11-14-5-7-16(13(2)10-14)23-17-8-6-15(12-21-17)18(19)22/h5-8,10,12,20H,3-4,9,11H2,1-2H3,(H2,19,22). The lowest BCUT2D eigenvalue weighted by molar-refractivity contribution is 0.1000. The minimum absolute atomic E-state index is 0.363. The van der Waals surface area contributed by atoms with Gasteiger partial charge in [0.05, 0.1) is 5.56 Å². The summed E-state index contributed by atoms with van der Waals surface area (Å²) in [6.07, 6.45) is 3.80. The summed E-state index contributed by atoms with van der Waals surface area (Å²) >= 11 is 0. The van der Waals surface area contributed by atoms with E-state index in [1.807, 2.05) is 19.1 Å². The number of amides is 1. The highest BCUT2D eigenvalue weighted by Crippen LogP contribution is 2.24. The molecule has 23 heavy (non-hydrogen) atoms. The minimum atomic E-state index is -0.500. The van der Waals surface area contributed by atoms with Crippen LogP contribution < -0.4 is 15.8 Å². The van der Waals surface area contributed by atoms with E-state index < -0.39 is 5.91 Å². The van der Waals surface area contributed by atoms with Crippen molar-refractivity contribution < 1.29 is 9.53 Å². The van der Waals surface area contributed by atoms with Gasteiger partial charge in [-0.2, -0.15) is 0 Å². The Morgan fingerprint density at radius 1 is 1.30 bits per heavy atom. The number of carbonyl (C=O) groups is 1. The molecule has 0 fully saturated rings. The van der Waals surface area contributed by atoms with Crippen molar-refractivity contribution in [2.75, 3.05) is 6.54 Å². The second kappa shape index (κ2) is 8.29. The van der Waals surface area contributed by atoms with Gasteiger partial charge in [-0.15, -0.1) is 0 Å². The number of aryl methyl sites for hydroxylation is 1. The fraction of sp³-hybridized carbons (Fsp3) is 0.333. The van der Waals surface area contributed by atoms with Crippen molar-refractivity contribution in [2.24, 2.45) is 5.73 Å². The molecule has 122 valence electrons. The first kappa shape index (κ1) is 17.0. The predicted octanol–water partition coefficient (Wildman–Crippen LogP) is 3.17. The third-order valence-electron chi connectivity index (χ3n) is 3.51. The number of carbonyl (C=O) groups excluding carboxylic acids is 1. The van der Waals surface area contributed by atoms with Crippen molar-refractivity contribution in [3.05, 3.63) is 53.2 Å². The van der Waals surface area contributed by atoms with Crippen molar-refractivity contribution in [3.8, 4) is 11.6 Å². The Morgan fingerprint density at radius 3 is 2.74 bits per heavy atom. The average molecular weight is 313 g/mol. The number of primary amides is 1. The fourth-order valence-electron chi connectivity index (χ4n) is 2.17. The highest BCUT2D eigenvalue weighted by atomic mass is 16.5. The fourth-order valence-corrected chi connectivity index (χ4v) is 2.17. The van der Waals surface area contributed by atoms with Gasteiger partial charge in [-0.05, 0) is 43.1 Å². The largest absolute Gasteiger partial charge is 0.439 e. The second-order valence-corrected chi connectivity index (χ2v) is 5.48. The molecule has 1 aromatic heterocycles. The Balaban J connectivity index is 1.98. The third-order valence-corrected chi connectivity index (χ3v) is 3.51. The van der Waals surface area contributed by atoms with Gasteiger partial charge in [0.15, 0.2) is 0 Å². The Morgan fingerprint density at radius 2 is 2.13 bits per heavy atom. The van der Waals surface area contributed by atoms with E-state index in [1.165, 1.54) is 24.6 Å². The van der Waals surface area contributed by atoms with Gasteiger partial charge in [-0.1, -0.05) is 25.5 Å². The molecule has 0 spiro atoms. The van der Waals surface area contributed by atoms with Crippen LogP contribution in [-0.2, 0) is 6.54 Å². The Bertz CT molecular complexity index is 654. The summed E-state index contributed by atoms with van der Waals surface area (Å²) in [4.78, 5) is 15.1. The minimum Gasteiger partial charge on any atom is -0.439 e. The number of nitrogens with one attached hydrogen (secondary N) is 1. The van der Waals surface area contributed by atoms with Crippen LogP contribution >= 0.6 is 0 Å². The van der Waals surface area contributed by atoms with E-state index in [1.54, 1.807) is 12.1 Å². The van der Waals surface area contributed by atoms with E-state index >= 15 is 0 Å². The average Bonchev–Trinajstić information content (AvgIpc) is 2.54. The molecule has 0 aliphatic carbocycles. The van der Waals surface area contributed by atoms with E-state index in [4.69, 9.17) is 10.5 Å². The maximum Gasteiger partial charge on any atom is 0.250 e. The van der Waals surface area contributed by atoms with Crippen molar-refractivity contribution in [2.45, 2.75) is 33.2 Å². The number of pyridine rings is 1. The first-order valence-corrected chi connectivity index (χ1v) is 7.84. The molecule has 0 aliphatic heterocycles. The lowest BCUT2D eigenvalue weighted by Gasteiger charge is -2.10. The molecule has 5 heteroatoms.